The molecule has 5 atom stereocenters. The molecule has 206 valence electrons. The number of primary amides is 1. The quantitative estimate of drug-likeness (QED) is 0.121. The van der Waals surface area contributed by atoms with E-state index in [1.165, 1.54) is 0 Å². The van der Waals surface area contributed by atoms with Crippen molar-refractivity contribution >= 4 is 46.5 Å². The summed E-state index contributed by atoms with van der Waals surface area (Å²) in [6, 6.07) is 0.930. The Hall–Kier alpha value is -4.50. The summed E-state index contributed by atoms with van der Waals surface area (Å²) in [5, 5.41) is 35.5. The van der Waals surface area contributed by atoms with E-state index in [0.717, 1.165) is 23.4 Å². The number of rotatable bonds is 14. The number of benzene rings is 1. The zero-order chi connectivity index (χ0) is 28.6. The summed E-state index contributed by atoms with van der Waals surface area (Å²) in [6.45, 7) is 1.11. The minimum atomic E-state index is -1.76. The summed E-state index contributed by atoms with van der Waals surface area (Å²) in [5.41, 5.74) is 12.5. The van der Waals surface area contributed by atoms with E-state index in [-0.39, 0.29) is 6.42 Å². The number of aliphatic hydroxyl groups is 1. The van der Waals surface area contributed by atoms with Crippen molar-refractivity contribution in [2.24, 2.45) is 11.5 Å². The van der Waals surface area contributed by atoms with Crippen molar-refractivity contribution in [3.05, 3.63) is 36.0 Å². The van der Waals surface area contributed by atoms with Crippen LogP contribution in [0, 0.1) is 0 Å². The van der Waals surface area contributed by atoms with Crippen LogP contribution in [0.4, 0.5) is 0 Å². The second-order valence-corrected chi connectivity index (χ2v) is 8.63. The molecular weight excluding hydrogens is 504 g/mol. The molecule has 38 heavy (non-hydrogen) atoms. The van der Waals surface area contributed by atoms with E-state index < -0.39 is 78.7 Å². The Morgan fingerprint density at radius 3 is 2.13 bits per heavy atom. The van der Waals surface area contributed by atoms with Crippen LogP contribution < -0.4 is 27.4 Å². The smallest absolute Gasteiger partial charge is 0.326 e. The highest BCUT2D eigenvalue weighted by atomic mass is 16.4. The molecule has 0 aliphatic carbocycles. The normalized spacial score (nSPS) is 14.9. The molecule has 2 aromatic rings. The van der Waals surface area contributed by atoms with E-state index in [4.69, 9.17) is 16.6 Å². The molecule has 4 amide bonds. The average molecular weight is 535 g/mol. The van der Waals surface area contributed by atoms with Crippen molar-refractivity contribution in [1.29, 1.82) is 0 Å². The monoisotopic (exact) mass is 534 g/mol. The average Bonchev–Trinajstić information content (AvgIpc) is 3.23. The van der Waals surface area contributed by atoms with Crippen molar-refractivity contribution < 1.29 is 44.1 Å². The lowest BCUT2D eigenvalue weighted by Crippen LogP contribution is -2.60. The number of aromatic nitrogens is 1. The van der Waals surface area contributed by atoms with Crippen molar-refractivity contribution in [2.45, 2.75) is 56.5 Å². The van der Waals surface area contributed by atoms with Gasteiger partial charge in [0.05, 0.1) is 25.0 Å². The first kappa shape index (κ1) is 29.7. The van der Waals surface area contributed by atoms with E-state index >= 15 is 0 Å². The third-order valence-corrected chi connectivity index (χ3v) is 5.55. The van der Waals surface area contributed by atoms with Gasteiger partial charge in [-0.05, 0) is 25.0 Å². The lowest BCUT2D eigenvalue weighted by atomic mass is 10.0. The van der Waals surface area contributed by atoms with E-state index in [1.807, 2.05) is 23.5 Å². The first-order valence-corrected chi connectivity index (χ1v) is 11.4. The maximum absolute atomic E-state index is 12.8. The van der Waals surface area contributed by atoms with Gasteiger partial charge in [-0.2, -0.15) is 0 Å². The van der Waals surface area contributed by atoms with Crippen LogP contribution in [0.25, 0.3) is 10.9 Å². The van der Waals surface area contributed by atoms with Gasteiger partial charge < -0.3 is 47.7 Å². The van der Waals surface area contributed by atoms with Gasteiger partial charge >= 0.3 is 11.9 Å². The maximum atomic E-state index is 12.8. The number of para-hydroxylation sites is 1. The minimum absolute atomic E-state index is 0.0619. The third-order valence-electron chi connectivity index (χ3n) is 5.55. The molecule has 1 aromatic carbocycles. The van der Waals surface area contributed by atoms with E-state index in [9.17, 15) is 39.0 Å². The van der Waals surface area contributed by atoms with Crippen LogP contribution in [0.5, 0.6) is 0 Å². The molecule has 0 bridgehead atoms. The van der Waals surface area contributed by atoms with Gasteiger partial charge in [-0.25, -0.2) is 4.79 Å². The van der Waals surface area contributed by atoms with Crippen molar-refractivity contribution in [3.8, 4) is 0 Å². The van der Waals surface area contributed by atoms with Crippen molar-refractivity contribution in [2.75, 3.05) is 0 Å². The number of hydrogen-bond acceptors (Lipinski definition) is 8. The Balaban J connectivity index is 2.12. The summed E-state index contributed by atoms with van der Waals surface area (Å²) in [6.07, 6.45) is -1.48. The Labute approximate surface area is 215 Å². The lowest BCUT2D eigenvalue weighted by Gasteiger charge is -2.26. The number of aliphatic hydroxyl groups excluding tert-OH is 1. The molecule has 0 aliphatic heterocycles. The van der Waals surface area contributed by atoms with Crippen LogP contribution in [-0.4, -0.2) is 86.1 Å². The molecule has 0 fully saturated rings. The number of fused-ring (bicyclic) bond motifs is 1. The fourth-order valence-electron chi connectivity index (χ4n) is 3.61. The second kappa shape index (κ2) is 13.2. The maximum Gasteiger partial charge on any atom is 0.326 e. The Morgan fingerprint density at radius 2 is 1.55 bits per heavy atom. The Morgan fingerprint density at radius 1 is 0.921 bits per heavy atom. The van der Waals surface area contributed by atoms with E-state index in [2.05, 4.69) is 15.6 Å². The van der Waals surface area contributed by atoms with Gasteiger partial charge in [0.2, 0.25) is 23.6 Å². The first-order valence-electron chi connectivity index (χ1n) is 11.4. The standard InChI is InChI=1S/C23H30N6O9/c1-10(30)19(22(36)28-16(23(37)38)7-17(25)31)29-21(35)15(8-18(32)33)27-20(34)13(24)6-11-9-26-14-5-3-2-4-12(11)14/h2-5,9-10,13,15-16,19,26,30H,6-8,24H2,1H3,(H2,25,31)(H,27,34)(H,28,36)(H,29,35)(H,32,33)(H,37,38). The van der Waals surface area contributed by atoms with Gasteiger partial charge in [0.25, 0.3) is 0 Å². The summed E-state index contributed by atoms with van der Waals surface area (Å²) in [7, 11) is 0. The highest BCUT2D eigenvalue weighted by Gasteiger charge is 2.34. The fourth-order valence-corrected chi connectivity index (χ4v) is 3.61. The molecule has 0 radical (unpaired) electrons. The predicted molar refractivity (Wildman–Crippen MR) is 131 cm³/mol. The lowest BCUT2D eigenvalue weighted by molar-refractivity contribution is -0.145. The van der Waals surface area contributed by atoms with Gasteiger partial charge in [0.1, 0.15) is 18.1 Å². The van der Waals surface area contributed by atoms with Gasteiger partial charge in [-0.3, -0.25) is 24.0 Å². The van der Waals surface area contributed by atoms with Crippen LogP contribution in [0.3, 0.4) is 0 Å². The molecule has 0 spiro atoms. The first-order chi connectivity index (χ1) is 17.8. The zero-order valence-electron chi connectivity index (χ0n) is 20.3. The second-order valence-electron chi connectivity index (χ2n) is 8.63. The minimum Gasteiger partial charge on any atom is -0.481 e. The Kier molecular flexibility index (Phi) is 10.3. The molecule has 2 rings (SSSR count). The van der Waals surface area contributed by atoms with Crippen LogP contribution in [-0.2, 0) is 35.2 Å². The number of aromatic amines is 1. The van der Waals surface area contributed by atoms with Crippen LogP contribution in [0.2, 0.25) is 0 Å². The summed E-state index contributed by atoms with van der Waals surface area (Å²) in [4.78, 5) is 74.8. The van der Waals surface area contributed by atoms with Crippen LogP contribution in [0.1, 0.15) is 25.3 Å². The van der Waals surface area contributed by atoms with Gasteiger partial charge in [0.15, 0.2) is 0 Å². The molecule has 1 aromatic heterocycles. The third kappa shape index (κ3) is 8.28. The van der Waals surface area contributed by atoms with E-state index in [1.54, 1.807) is 12.3 Å². The molecule has 1 heterocycles. The topological polar surface area (TPSA) is 267 Å². The number of hydrogen-bond donors (Lipinski definition) is 9. The highest BCUT2D eigenvalue weighted by Crippen LogP contribution is 2.18. The number of amides is 4. The molecule has 11 N–H and O–H groups in total. The molecule has 15 heteroatoms. The molecule has 0 aliphatic rings. The molecule has 15 nitrogen and oxygen atoms in total. The van der Waals surface area contributed by atoms with Crippen molar-refractivity contribution in [1.82, 2.24) is 20.9 Å². The number of carbonyl (C=O) groups is 6. The number of carboxylic acids is 2. The predicted octanol–water partition coefficient (Wildman–Crippen LogP) is -2.69. The fraction of sp³-hybridized carbons (Fsp3) is 0.391. The van der Waals surface area contributed by atoms with Gasteiger partial charge in [-0.1, -0.05) is 18.2 Å². The SMILES string of the molecule is CC(O)C(NC(=O)C(CC(=O)O)NC(=O)C(N)Cc1c[nH]c2ccccc12)C(=O)NC(CC(N)=O)C(=O)O. The largest absolute Gasteiger partial charge is 0.481 e. The molecule has 0 saturated heterocycles. The number of aliphatic carboxylic acids is 2. The number of carbonyl (C=O) groups excluding carboxylic acids is 4. The van der Waals surface area contributed by atoms with Gasteiger partial charge in [0, 0.05) is 17.1 Å². The summed E-state index contributed by atoms with van der Waals surface area (Å²) < 4.78 is 0. The van der Waals surface area contributed by atoms with Crippen LogP contribution >= 0.6 is 0 Å². The number of nitrogens with one attached hydrogen (secondary N) is 4. The Bertz CT molecular complexity index is 1210. The molecule has 0 saturated carbocycles. The summed E-state index contributed by atoms with van der Waals surface area (Å²) in [5.74, 6) is -7.25. The number of nitrogens with two attached hydrogens (primary N) is 2. The number of H-pyrrole nitrogens is 1. The zero-order valence-corrected chi connectivity index (χ0v) is 20.3. The van der Waals surface area contributed by atoms with Crippen LogP contribution in [0.15, 0.2) is 30.5 Å². The van der Waals surface area contributed by atoms with Gasteiger partial charge in [-0.15, -0.1) is 0 Å². The summed E-state index contributed by atoms with van der Waals surface area (Å²) >= 11 is 0. The van der Waals surface area contributed by atoms with E-state index in [0.29, 0.717) is 0 Å². The van der Waals surface area contributed by atoms with Crippen molar-refractivity contribution in [3.63, 3.8) is 0 Å². The molecule has 5 unspecified atom stereocenters. The highest BCUT2D eigenvalue weighted by molar-refractivity contribution is 5.96. The number of carboxylic acid groups (broad SMARTS) is 2. The molecular formula is C23H30N6O9.